The van der Waals surface area contributed by atoms with Gasteiger partial charge in [0.15, 0.2) is 11.8 Å². The van der Waals surface area contributed by atoms with Crippen LogP contribution in [0, 0.1) is 0 Å². The predicted octanol–water partition coefficient (Wildman–Crippen LogP) is 2.81. The summed E-state index contributed by atoms with van der Waals surface area (Å²) in [6.45, 7) is -0.691. The molecule has 154 valence electrons. The van der Waals surface area contributed by atoms with Crippen LogP contribution >= 0.6 is 11.8 Å². The Bertz CT molecular complexity index is 858. The molecule has 7 nitrogen and oxygen atoms in total. The van der Waals surface area contributed by atoms with Gasteiger partial charge in [0, 0.05) is 32.6 Å². The molecule has 0 spiro atoms. The predicted molar refractivity (Wildman–Crippen MR) is 98.6 cm³/mol. The number of amides is 1. The van der Waals surface area contributed by atoms with Gasteiger partial charge in [0.2, 0.25) is 0 Å². The van der Waals surface area contributed by atoms with Gasteiger partial charge in [-0.2, -0.15) is 13.2 Å². The number of para-hydroxylation sites is 1. The van der Waals surface area contributed by atoms with E-state index in [1.807, 2.05) is 0 Å². The number of fused-ring (bicyclic) bond motifs is 1. The molecule has 11 heteroatoms. The molecule has 0 aliphatic rings. The van der Waals surface area contributed by atoms with Gasteiger partial charge in [0.1, 0.15) is 0 Å². The summed E-state index contributed by atoms with van der Waals surface area (Å²) in [5.41, 5.74) is 0.372. The number of alkyl halides is 3. The van der Waals surface area contributed by atoms with Crippen LogP contribution in [0.25, 0.3) is 10.9 Å². The molecule has 1 aromatic heterocycles. The van der Waals surface area contributed by atoms with E-state index < -0.39 is 18.9 Å². The second-order valence-corrected chi connectivity index (χ2v) is 6.74. The lowest BCUT2D eigenvalue weighted by Crippen LogP contribution is -2.30. The highest BCUT2D eigenvalue weighted by atomic mass is 32.2. The standard InChI is InChI=1S/C17H20F3N3O4S/c1-26-9-4-8-23-14(24)12-5-2-3-6-13(12)22-15(23)28-10-7-21-16(25)27-11-17(18,19)20/h2-3,5-6H,4,7-11H2,1H3,(H,21,25). The van der Waals surface area contributed by atoms with E-state index in [4.69, 9.17) is 4.74 Å². The van der Waals surface area contributed by atoms with Gasteiger partial charge in [-0.05, 0) is 18.6 Å². The molecule has 28 heavy (non-hydrogen) atoms. The SMILES string of the molecule is COCCCn1c(SCCNC(=O)OCC(F)(F)F)nc2ccccc2c1=O. The first-order valence-corrected chi connectivity index (χ1v) is 9.39. The third kappa shape index (κ3) is 6.71. The Morgan fingerprint density at radius 3 is 2.79 bits per heavy atom. The summed E-state index contributed by atoms with van der Waals surface area (Å²) < 4.78 is 46.6. The van der Waals surface area contributed by atoms with Crippen molar-refractivity contribution in [1.29, 1.82) is 0 Å². The van der Waals surface area contributed by atoms with E-state index in [0.29, 0.717) is 41.4 Å². The first-order valence-electron chi connectivity index (χ1n) is 8.40. The summed E-state index contributed by atoms with van der Waals surface area (Å²) in [5, 5.41) is 3.19. The van der Waals surface area contributed by atoms with Gasteiger partial charge in [-0.3, -0.25) is 9.36 Å². The summed E-state index contributed by atoms with van der Waals surface area (Å²) in [6, 6.07) is 6.96. The second-order valence-electron chi connectivity index (χ2n) is 5.68. The van der Waals surface area contributed by atoms with Crippen molar-refractivity contribution in [2.24, 2.45) is 0 Å². The molecule has 0 unspecified atom stereocenters. The van der Waals surface area contributed by atoms with E-state index >= 15 is 0 Å². The summed E-state index contributed by atoms with van der Waals surface area (Å²) in [7, 11) is 1.57. The van der Waals surface area contributed by atoms with Gasteiger partial charge in [0.25, 0.3) is 5.56 Å². The second kappa shape index (κ2) is 10.3. The normalized spacial score (nSPS) is 11.6. The van der Waals surface area contributed by atoms with Gasteiger partial charge >= 0.3 is 12.3 Å². The molecule has 0 radical (unpaired) electrons. The van der Waals surface area contributed by atoms with Crippen LogP contribution < -0.4 is 10.9 Å². The van der Waals surface area contributed by atoms with E-state index in [1.165, 1.54) is 16.3 Å². The van der Waals surface area contributed by atoms with Crippen LogP contribution in [0.15, 0.2) is 34.2 Å². The van der Waals surface area contributed by atoms with Crippen molar-refractivity contribution in [1.82, 2.24) is 14.9 Å². The van der Waals surface area contributed by atoms with Gasteiger partial charge in [-0.25, -0.2) is 9.78 Å². The van der Waals surface area contributed by atoms with Crippen molar-refractivity contribution in [3.63, 3.8) is 0 Å². The number of nitrogens with zero attached hydrogens (tertiary/aromatic N) is 2. The Morgan fingerprint density at radius 1 is 1.32 bits per heavy atom. The number of nitrogens with one attached hydrogen (secondary N) is 1. The van der Waals surface area contributed by atoms with Crippen molar-refractivity contribution in [3.05, 3.63) is 34.6 Å². The molecule has 1 aromatic carbocycles. The first kappa shape index (κ1) is 22.0. The third-order valence-corrected chi connectivity index (χ3v) is 4.50. The lowest BCUT2D eigenvalue weighted by atomic mass is 10.2. The van der Waals surface area contributed by atoms with E-state index in [2.05, 4.69) is 15.0 Å². The van der Waals surface area contributed by atoms with Gasteiger partial charge < -0.3 is 14.8 Å². The number of aromatic nitrogens is 2. The average Bonchev–Trinajstić information content (AvgIpc) is 2.65. The number of halogens is 3. The van der Waals surface area contributed by atoms with Crippen LogP contribution in [0.2, 0.25) is 0 Å². The molecule has 0 atom stereocenters. The van der Waals surface area contributed by atoms with Crippen LogP contribution in [0.4, 0.5) is 18.0 Å². The third-order valence-electron chi connectivity index (χ3n) is 3.53. The maximum atomic E-state index is 12.7. The summed E-state index contributed by atoms with van der Waals surface area (Å²) in [5.74, 6) is 0.302. The lowest BCUT2D eigenvalue weighted by Gasteiger charge is -2.13. The van der Waals surface area contributed by atoms with E-state index in [1.54, 1.807) is 31.4 Å². The molecule has 2 aromatic rings. The van der Waals surface area contributed by atoms with E-state index in [0.717, 1.165) is 0 Å². The smallest absolute Gasteiger partial charge is 0.422 e. The van der Waals surface area contributed by atoms with Crippen molar-refractivity contribution < 1.29 is 27.4 Å². The van der Waals surface area contributed by atoms with Crippen LogP contribution in [-0.2, 0) is 16.0 Å². The number of hydrogen-bond acceptors (Lipinski definition) is 6. The Labute approximate surface area is 163 Å². The minimum atomic E-state index is -4.57. The van der Waals surface area contributed by atoms with Gasteiger partial charge in [-0.15, -0.1) is 0 Å². The fourth-order valence-corrected chi connectivity index (χ4v) is 3.20. The Balaban J connectivity index is 2.01. The van der Waals surface area contributed by atoms with Crippen molar-refractivity contribution in [2.75, 3.05) is 32.6 Å². The average molecular weight is 419 g/mol. The molecule has 1 amide bonds. The largest absolute Gasteiger partial charge is 0.440 e. The monoisotopic (exact) mass is 419 g/mol. The Morgan fingerprint density at radius 2 is 2.07 bits per heavy atom. The molecule has 1 N–H and O–H groups in total. The zero-order chi connectivity index (χ0) is 20.6. The van der Waals surface area contributed by atoms with Crippen LogP contribution in [0.5, 0.6) is 0 Å². The lowest BCUT2D eigenvalue weighted by molar-refractivity contribution is -0.160. The van der Waals surface area contributed by atoms with Gasteiger partial charge in [0.05, 0.1) is 10.9 Å². The van der Waals surface area contributed by atoms with E-state index in [-0.39, 0.29) is 12.1 Å². The molecule has 0 saturated carbocycles. The summed E-state index contributed by atoms with van der Waals surface area (Å²) in [4.78, 5) is 28.5. The highest BCUT2D eigenvalue weighted by molar-refractivity contribution is 7.99. The Kier molecular flexibility index (Phi) is 8.12. The van der Waals surface area contributed by atoms with Crippen LogP contribution in [0.3, 0.4) is 0 Å². The number of alkyl carbamates (subject to hydrolysis) is 1. The number of thioether (sulfide) groups is 1. The number of ether oxygens (including phenoxy) is 2. The van der Waals surface area contributed by atoms with Gasteiger partial charge in [-0.1, -0.05) is 23.9 Å². The minimum Gasteiger partial charge on any atom is -0.440 e. The van der Waals surface area contributed by atoms with Crippen molar-refractivity contribution in [2.45, 2.75) is 24.3 Å². The molecule has 0 aliphatic heterocycles. The Hall–Kier alpha value is -2.27. The molecule has 0 bridgehead atoms. The highest BCUT2D eigenvalue weighted by Crippen LogP contribution is 2.18. The maximum Gasteiger partial charge on any atom is 0.422 e. The summed E-state index contributed by atoms with van der Waals surface area (Å²) >= 11 is 1.22. The topological polar surface area (TPSA) is 82.4 Å². The molecule has 1 heterocycles. The van der Waals surface area contributed by atoms with Crippen LogP contribution in [0.1, 0.15) is 6.42 Å². The quantitative estimate of drug-likeness (QED) is 0.382. The molecule has 0 aliphatic carbocycles. The number of carbonyl (C=O) groups excluding carboxylic acids is 1. The van der Waals surface area contributed by atoms with Crippen molar-refractivity contribution in [3.8, 4) is 0 Å². The zero-order valence-corrected chi connectivity index (χ0v) is 15.9. The number of rotatable bonds is 9. The molecular formula is C17H20F3N3O4S. The maximum absolute atomic E-state index is 12.7. The highest BCUT2D eigenvalue weighted by Gasteiger charge is 2.29. The molecule has 2 rings (SSSR count). The molecule has 0 fully saturated rings. The zero-order valence-electron chi connectivity index (χ0n) is 15.1. The van der Waals surface area contributed by atoms with E-state index in [9.17, 15) is 22.8 Å². The van der Waals surface area contributed by atoms with Crippen molar-refractivity contribution >= 4 is 28.8 Å². The fourth-order valence-electron chi connectivity index (χ4n) is 2.32. The molecular weight excluding hydrogens is 399 g/mol. The summed E-state index contributed by atoms with van der Waals surface area (Å²) in [6.07, 6.45) is -5.10. The number of benzene rings is 1. The number of carbonyl (C=O) groups is 1. The fraction of sp³-hybridized carbons (Fsp3) is 0.471. The van der Waals surface area contributed by atoms with Crippen LogP contribution in [-0.4, -0.2) is 54.4 Å². The number of methoxy groups -OCH3 is 1. The minimum absolute atomic E-state index is 0.0577. The first-order chi connectivity index (χ1) is 13.3. The molecule has 0 saturated heterocycles. The number of hydrogen-bond donors (Lipinski definition) is 1.